The van der Waals surface area contributed by atoms with Gasteiger partial charge in [-0.1, -0.05) is 25.7 Å². The van der Waals surface area contributed by atoms with Crippen LogP contribution < -0.4 is 0 Å². The van der Waals surface area contributed by atoms with E-state index in [0.29, 0.717) is 6.04 Å². The first-order chi connectivity index (χ1) is 9.54. The molecule has 0 aromatic rings. The highest BCUT2D eigenvalue weighted by Gasteiger charge is 2.38. The molecule has 2 fully saturated rings. The maximum atomic E-state index is 11.7. The highest BCUT2D eigenvalue weighted by atomic mass is 16.3. The van der Waals surface area contributed by atoms with E-state index in [1.807, 2.05) is 0 Å². The second-order valence-corrected chi connectivity index (χ2v) is 7.13. The number of likely N-dealkylation sites (N-methyl/N-ethyl adjacent to an activating group) is 1. The fraction of sp³-hybridized carbons (Fsp3) is 0.938. The molecule has 0 spiro atoms. The lowest BCUT2D eigenvalue weighted by Gasteiger charge is -2.35. The van der Waals surface area contributed by atoms with Gasteiger partial charge in [-0.05, 0) is 33.4 Å². The number of aldehydes is 1. The third-order valence-corrected chi connectivity index (χ3v) is 4.95. The van der Waals surface area contributed by atoms with Gasteiger partial charge < -0.3 is 14.8 Å². The molecule has 2 rings (SSSR count). The quantitative estimate of drug-likeness (QED) is 0.613. The summed E-state index contributed by atoms with van der Waals surface area (Å²) < 4.78 is 0. The summed E-state index contributed by atoms with van der Waals surface area (Å²) in [4.78, 5) is 16.3. The second kappa shape index (κ2) is 7.01. The number of carbonyl (C=O) groups excluding carboxylic acids is 1. The van der Waals surface area contributed by atoms with Crippen molar-refractivity contribution in [3.05, 3.63) is 0 Å². The Morgan fingerprint density at radius 3 is 2.45 bits per heavy atom. The van der Waals surface area contributed by atoms with Gasteiger partial charge in [-0.2, -0.15) is 0 Å². The summed E-state index contributed by atoms with van der Waals surface area (Å²) in [7, 11) is 4.15. The monoisotopic (exact) mass is 282 g/mol. The van der Waals surface area contributed by atoms with Crippen LogP contribution in [0.1, 0.15) is 44.9 Å². The van der Waals surface area contributed by atoms with Crippen molar-refractivity contribution in [1.82, 2.24) is 9.80 Å². The Hall–Kier alpha value is -0.450. The minimum absolute atomic E-state index is 0.162. The van der Waals surface area contributed by atoms with Crippen LogP contribution in [0, 0.1) is 5.41 Å². The van der Waals surface area contributed by atoms with Gasteiger partial charge in [-0.15, -0.1) is 0 Å². The van der Waals surface area contributed by atoms with E-state index in [1.54, 1.807) is 0 Å². The lowest BCUT2D eigenvalue weighted by Crippen LogP contribution is -2.44. The van der Waals surface area contributed by atoms with Crippen LogP contribution in [0.3, 0.4) is 0 Å². The van der Waals surface area contributed by atoms with Gasteiger partial charge >= 0.3 is 0 Å². The molecule has 116 valence electrons. The number of rotatable bonds is 5. The van der Waals surface area contributed by atoms with Crippen molar-refractivity contribution < 1.29 is 9.90 Å². The Balaban J connectivity index is 2.02. The smallest absolute Gasteiger partial charge is 0.127 e. The van der Waals surface area contributed by atoms with E-state index in [0.717, 1.165) is 38.9 Å². The molecule has 0 aromatic heterocycles. The number of likely N-dealkylation sites (tertiary alicyclic amines) is 1. The molecule has 0 bridgehead atoms. The van der Waals surface area contributed by atoms with Crippen LogP contribution in [-0.4, -0.2) is 67.1 Å². The molecule has 1 N–H and O–H groups in total. The summed E-state index contributed by atoms with van der Waals surface area (Å²) in [6.07, 6.45) is 8.76. The van der Waals surface area contributed by atoms with Crippen molar-refractivity contribution in [2.45, 2.75) is 57.1 Å². The molecule has 0 aromatic carbocycles. The Morgan fingerprint density at radius 2 is 1.90 bits per heavy atom. The van der Waals surface area contributed by atoms with Crippen molar-refractivity contribution in [1.29, 1.82) is 0 Å². The molecule has 2 unspecified atom stereocenters. The third-order valence-electron chi connectivity index (χ3n) is 4.95. The molecule has 4 heteroatoms. The van der Waals surface area contributed by atoms with E-state index in [2.05, 4.69) is 23.9 Å². The van der Waals surface area contributed by atoms with Gasteiger partial charge in [-0.25, -0.2) is 0 Å². The Morgan fingerprint density at radius 1 is 1.25 bits per heavy atom. The van der Waals surface area contributed by atoms with E-state index in [-0.39, 0.29) is 11.5 Å². The zero-order valence-electron chi connectivity index (χ0n) is 13.1. The van der Waals surface area contributed by atoms with Crippen molar-refractivity contribution >= 4 is 6.29 Å². The van der Waals surface area contributed by atoms with Crippen LogP contribution in [0.2, 0.25) is 0 Å². The summed E-state index contributed by atoms with van der Waals surface area (Å²) in [5, 5.41) is 9.98. The lowest BCUT2D eigenvalue weighted by atomic mass is 9.81. The van der Waals surface area contributed by atoms with E-state index >= 15 is 0 Å². The Kier molecular flexibility index (Phi) is 5.58. The fourth-order valence-electron chi connectivity index (χ4n) is 3.91. The predicted molar refractivity (Wildman–Crippen MR) is 80.7 cm³/mol. The molecular formula is C16H30N2O2. The largest absolute Gasteiger partial charge is 0.392 e. The van der Waals surface area contributed by atoms with Crippen molar-refractivity contribution in [2.75, 3.05) is 33.7 Å². The van der Waals surface area contributed by atoms with Gasteiger partial charge in [0.25, 0.3) is 0 Å². The first-order valence-electron chi connectivity index (χ1n) is 8.08. The van der Waals surface area contributed by atoms with Gasteiger partial charge in [0, 0.05) is 31.1 Å². The zero-order valence-corrected chi connectivity index (χ0v) is 13.1. The topological polar surface area (TPSA) is 43.8 Å². The predicted octanol–water partition coefficient (Wildman–Crippen LogP) is 1.52. The molecule has 1 heterocycles. The van der Waals surface area contributed by atoms with Gasteiger partial charge in [0.05, 0.1) is 6.10 Å². The van der Waals surface area contributed by atoms with Crippen molar-refractivity contribution in [3.63, 3.8) is 0 Å². The molecule has 1 aliphatic heterocycles. The molecule has 1 aliphatic carbocycles. The molecule has 1 saturated heterocycles. The van der Waals surface area contributed by atoms with Crippen LogP contribution in [0.5, 0.6) is 0 Å². The minimum Gasteiger partial charge on any atom is -0.392 e. The fourth-order valence-corrected chi connectivity index (χ4v) is 3.91. The van der Waals surface area contributed by atoms with Gasteiger partial charge in [0.1, 0.15) is 6.29 Å². The molecule has 4 nitrogen and oxygen atoms in total. The van der Waals surface area contributed by atoms with Gasteiger partial charge in [-0.3, -0.25) is 4.90 Å². The van der Waals surface area contributed by atoms with Crippen LogP contribution in [-0.2, 0) is 4.79 Å². The van der Waals surface area contributed by atoms with E-state index < -0.39 is 0 Å². The highest BCUT2D eigenvalue weighted by molar-refractivity contribution is 5.59. The zero-order chi connectivity index (χ0) is 14.6. The number of carbonyl (C=O) groups is 1. The highest BCUT2D eigenvalue weighted by Crippen LogP contribution is 2.36. The molecular weight excluding hydrogens is 252 g/mol. The van der Waals surface area contributed by atoms with Crippen molar-refractivity contribution in [3.8, 4) is 0 Å². The first kappa shape index (κ1) is 15.9. The second-order valence-electron chi connectivity index (χ2n) is 7.13. The maximum Gasteiger partial charge on any atom is 0.127 e. The van der Waals surface area contributed by atoms with Crippen LogP contribution in [0.15, 0.2) is 0 Å². The number of nitrogens with zero attached hydrogens (tertiary/aromatic N) is 2. The SMILES string of the molecule is CN(C)CC1CC(O)CN1CC1(C=O)CCCCCC1. The standard InChI is InChI=1S/C16H30N2O2/c1-17(2)10-14-9-15(20)11-18(14)12-16(13-19)7-5-3-4-6-8-16/h13-15,20H,3-12H2,1-2H3. The lowest BCUT2D eigenvalue weighted by molar-refractivity contribution is -0.118. The summed E-state index contributed by atoms with van der Waals surface area (Å²) in [5.74, 6) is 0. The minimum atomic E-state index is -0.227. The first-order valence-corrected chi connectivity index (χ1v) is 8.08. The summed E-state index contributed by atoms with van der Waals surface area (Å²) in [6, 6.07) is 0.389. The van der Waals surface area contributed by atoms with Crippen LogP contribution in [0.25, 0.3) is 0 Å². The summed E-state index contributed by atoms with van der Waals surface area (Å²) >= 11 is 0. The van der Waals surface area contributed by atoms with Crippen LogP contribution >= 0.6 is 0 Å². The van der Waals surface area contributed by atoms with E-state index in [4.69, 9.17) is 0 Å². The van der Waals surface area contributed by atoms with Crippen molar-refractivity contribution in [2.24, 2.45) is 5.41 Å². The molecule has 0 amide bonds. The molecule has 0 radical (unpaired) electrons. The third kappa shape index (κ3) is 4.03. The number of aliphatic hydroxyl groups is 1. The summed E-state index contributed by atoms with van der Waals surface area (Å²) in [6.45, 7) is 2.53. The number of hydrogen-bond acceptors (Lipinski definition) is 4. The molecule has 2 atom stereocenters. The molecule has 20 heavy (non-hydrogen) atoms. The van der Waals surface area contributed by atoms with Gasteiger partial charge in [0.15, 0.2) is 0 Å². The van der Waals surface area contributed by atoms with E-state index in [9.17, 15) is 9.90 Å². The average Bonchev–Trinajstić information content (AvgIpc) is 2.61. The summed E-state index contributed by atoms with van der Waals surface area (Å²) in [5.41, 5.74) is -0.162. The Labute approximate surface area is 123 Å². The van der Waals surface area contributed by atoms with Crippen LogP contribution in [0.4, 0.5) is 0 Å². The van der Waals surface area contributed by atoms with Gasteiger partial charge in [0.2, 0.25) is 0 Å². The number of aliphatic hydroxyl groups excluding tert-OH is 1. The van der Waals surface area contributed by atoms with E-state index in [1.165, 1.54) is 32.0 Å². The number of hydrogen-bond donors (Lipinski definition) is 1. The normalized spacial score (nSPS) is 31.4. The molecule has 1 saturated carbocycles. The maximum absolute atomic E-state index is 11.7. The average molecular weight is 282 g/mol. The number of β-amino-alcohol motifs (C(OH)–C–C–N with tert-alkyl or cyclic N) is 1. The molecule has 2 aliphatic rings. The Bertz CT molecular complexity index is 312.